The van der Waals surface area contributed by atoms with Crippen molar-refractivity contribution < 1.29 is 9.59 Å². The maximum atomic E-state index is 13.7. The molecule has 31 heavy (non-hydrogen) atoms. The number of hydrogen-bond donors (Lipinski definition) is 1. The van der Waals surface area contributed by atoms with Crippen LogP contribution in [0.25, 0.3) is 10.8 Å². The molecule has 2 aromatic carbocycles. The van der Waals surface area contributed by atoms with Crippen LogP contribution < -0.4 is 10.2 Å². The average molecular weight is 420 g/mol. The van der Waals surface area contributed by atoms with Gasteiger partial charge in [0.05, 0.1) is 0 Å². The second-order valence-corrected chi connectivity index (χ2v) is 10.8. The van der Waals surface area contributed by atoms with E-state index in [0.29, 0.717) is 11.1 Å². The molecule has 0 atom stereocenters. The van der Waals surface area contributed by atoms with E-state index in [1.165, 1.54) is 19.3 Å². The summed E-state index contributed by atoms with van der Waals surface area (Å²) >= 11 is 0. The number of carbonyl (C=O) groups is 2. The molecule has 2 fully saturated rings. The van der Waals surface area contributed by atoms with Crippen molar-refractivity contribution in [3.05, 3.63) is 41.5 Å². The highest BCUT2D eigenvalue weighted by Gasteiger charge is 2.45. The minimum absolute atomic E-state index is 0.114. The zero-order valence-electron chi connectivity index (χ0n) is 19.1. The summed E-state index contributed by atoms with van der Waals surface area (Å²) in [6.07, 6.45) is 5.16. The smallest absolute Gasteiger partial charge is 0.261 e. The van der Waals surface area contributed by atoms with Gasteiger partial charge in [-0.1, -0.05) is 12.1 Å². The second kappa shape index (κ2) is 7.06. The Kier molecular flexibility index (Phi) is 4.67. The van der Waals surface area contributed by atoms with Gasteiger partial charge < -0.3 is 10.2 Å². The average Bonchev–Trinajstić information content (AvgIpc) is 2.70. The Balaban J connectivity index is 1.59. The number of anilines is 1. The number of nitrogens with one attached hydrogen (secondary N) is 1. The van der Waals surface area contributed by atoms with Crippen molar-refractivity contribution in [3.8, 4) is 0 Å². The number of piperidine rings is 2. The van der Waals surface area contributed by atoms with E-state index in [9.17, 15) is 9.59 Å². The molecule has 2 aromatic rings. The summed E-state index contributed by atoms with van der Waals surface area (Å²) < 4.78 is 0. The minimum Gasteiger partial charge on any atom is -0.371 e. The first-order valence-electron chi connectivity index (χ1n) is 11.6. The molecule has 0 spiro atoms. The highest BCUT2D eigenvalue weighted by molar-refractivity contribution is 6.27. The van der Waals surface area contributed by atoms with E-state index in [2.05, 4.69) is 50.0 Å². The molecule has 2 saturated heterocycles. The second-order valence-electron chi connectivity index (χ2n) is 10.8. The zero-order valence-corrected chi connectivity index (χ0v) is 19.1. The highest BCUT2D eigenvalue weighted by Crippen LogP contribution is 2.40. The normalized spacial score (nSPS) is 23.5. The van der Waals surface area contributed by atoms with Crippen LogP contribution in [-0.2, 0) is 0 Å². The van der Waals surface area contributed by atoms with Crippen molar-refractivity contribution in [2.75, 3.05) is 18.0 Å². The Morgan fingerprint density at radius 1 is 0.839 bits per heavy atom. The molecule has 5 rings (SSSR count). The highest BCUT2D eigenvalue weighted by atomic mass is 16.2. The maximum Gasteiger partial charge on any atom is 0.261 e. The zero-order chi connectivity index (χ0) is 22.0. The molecule has 5 heteroatoms. The molecule has 0 unspecified atom stereocenters. The predicted octanol–water partition coefficient (Wildman–Crippen LogP) is 4.74. The van der Waals surface area contributed by atoms with Gasteiger partial charge in [0.25, 0.3) is 11.8 Å². The predicted molar refractivity (Wildman–Crippen MR) is 125 cm³/mol. The summed E-state index contributed by atoms with van der Waals surface area (Å²) in [6.45, 7) is 10.7. The van der Waals surface area contributed by atoms with Crippen LogP contribution in [0.3, 0.4) is 0 Å². The molecule has 0 saturated carbocycles. The van der Waals surface area contributed by atoms with Crippen LogP contribution in [0.2, 0.25) is 0 Å². The van der Waals surface area contributed by atoms with Crippen molar-refractivity contribution in [1.82, 2.24) is 10.2 Å². The van der Waals surface area contributed by atoms with Crippen LogP contribution in [0.4, 0.5) is 5.69 Å². The maximum absolute atomic E-state index is 13.7. The first-order chi connectivity index (χ1) is 14.7. The van der Waals surface area contributed by atoms with Gasteiger partial charge in [-0.05, 0) is 78.0 Å². The van der Waals surface area contributed by atoms with Crippen LogP contribution in [0.1, 0.15) is 80.5 Å². The van der Waals surface area contributed by atoms with Gasteiger partial charge in [0.1, 0.15) is 0 Å². The van der Waals surface area contributed by atoms with E-state index >= 15 is 0 Å². The third-order valence-electron chi connectivity index (χ3n) is 7.15. The molecule has 1 N–H and O–H groups in total. The quantitative estimate of drug-likeness (QED) is 0.715. The van der Waals surface area contributed by atoms with Crippen LogP contribution in [0, 0.1) is 0 Å². The molecule has 5 nitrogen and oxygen atoms in total. The number of benzene rings is 2. The SMILES string of the molecule is CC1(C)CC(N2C(=O)c3cccc4c(N5CCCCC5)ccc(c34)C2=O)CC(C)(C)N1. The monoisotopic (exact) mass is 419 g/mol. The molecule has 0 bridgehead atoms. The molecule has 0 aromatic heterocycles. The molecule has 3 heterocycles. The molecule has 0 aliphatic carbocycles. The fraction of sp³-hybridized carbons (Fsp3) is 0.538. The van der Waals surface area contributed by atoms with Crippen LogP contribution >= 0.6 is 0 Å². The lowest BCUT2D eigenvalue weighted by atomic mass is 9.78. The molecule has 0 radical (unpaired) electrons. The van der Waals surface area contributed by atoms with Gasteiger partial charge in [-0.25, -0.2) is 0 Å². The summed E-state index contributed by atoms with van der Waals surface area (Å²) in [5.74, 6) is -0.283. The van der Waals surface area contributed by atoms with Crippen molar-refractivity contribution in [3.63, 3.8) is 0 Å². The topological polar surface area (TPSA) is 52.7 Å². The van der Waals surface area contributed by atoms with Crippen LogP contribution in [0.15, 0.2) is 30.3 Å². The van der Waals surface area contributed by atoms with Gasteiger partial charge in [-0.3, -0.25) is 14.5 Å². The van der Waals surface area contributed by atoms with Crippen LogP contribution in [-0.4, -0.2) is 46.9 Å². The van der Waals surface area contributed by atoms with Gasteiger partial charge >= 0.3 is 0 Å². The largest absolute Gasteiger partial charge is 0.371 e. The lowest BCUT2D eigenvalue weighted by molar-refractivity contribution is 0.0370. The van der Waals surface area contributed by atoms with Gasteiger partial charge in [0, 0.05) is 57.8 Å². The van der Waals surface area contributed by atoms with E-state index in [0.717, 1.165) is 42.4 Å². The Morgan fingerprint density at radius 2 is 1.45 bits per heavy atom. The summed E-state index contributed by atoms with van der Waals surface area (Å²) in [7, 11) is 0. The van der Waals surface area contributed by atoms with Gasteiger partial charge in [0.2, 0.25) is 0 Å². The number of amides is 2. The van der Waals surface area contributed by atoms with Gasteiger partial charge in [-0.2, -0.15) is 0 Å². The standard InChI is InChI=1S/C26H33N3O2/c1-25(2)15-17(16-26(3,4)27-25)29-23(30)19-10-8-9-18-21(28-13-6-5-7-14-28)12-11-20(22(18)19)24(29)31/h8-12,17,27H,5-7,13-16H2,1-4H3. The van der Waals surface area contributed by atoms with Crippen molar-refractivity contribution in [2.45, 2.75) is 76.9 Å². The number of rotatable bonds is 2. The molecule has 3 aliphatic rings. The van der Waals surface area contributed by atoms with Gasteiger partial charge in [0.15, 0.2) is 0 Å². The Bertz CT molecular complexity index is 1030. The third kappa shape index (κ3) is 3.43. The fourth-order valence-corrected chi connectivity index (χ4v) is 6.29. The van der Waals surface area contributed by atoms with Crippen molar-refractivity contribution in [1.29, 1.82) is 0 Å². The lowest BCUT2D eigenvalue weighted by Crippen LogP contribution is -2.63. The number of imide groups is 1. The first kappa shape index (κ1) is 20.5. The first-order valence-corrected chi connectivity index (χ1v) is 11.6. The van der Waals surface area contributed by atoms with Crippen LogP contribution in [0.5, 0.6) is 0 Å². The third-order valence-corrected chi connectivity index (χ3v) is 7.15. The molecule has 2 amide bonds. The van der Waals surface area contributed by atoms with Crippen molar-refractivity contribution >= 4 is 28.3 Å². The van der Waals surface area contributed by atoms with E-state index < -0.39 is 0 Å². The Labute approximate surface area is 184 Å². The van der Waals surface area contributed by atoms with Gasteiger partial charge in [-0.15, -0.1) is 0 Å². The number of hydrogen-bond acceptors (Lipinski definition) is 4. The van der Waals surface area contributed by atoms with E-state index in [1.54, 1.807) is 4.90 Å². The number of nitrogens with zero attached hydrogens (tertiary/aromatic N) is 2. The molecule has 164 valence electrons. The Morgan fingerprint density at radius 3 is 2.10 bits per heavy atom. The summed E-state index contributed by atoms with van der Waals surface area (Å²) in [6, 6.07) is 9.86. The number of carbonyl (C=O) groups excluding carboxylic acids is 2. The Hall–Kier alpha value is -2.40. The van der Waals surface area contributed by atoms with Crippen molar-refractivity contribution in [2.24, 2.45) is 0 Å². The van der Waals surface area contributed by atoms with E-state index in [1.807, 2.05) is 18.2 Å². The molecular weight excluding hydrogens is 386 g/mol. The minimum atomic E-state index is -0.141. The summed E-state index contributed by atoms with van der Waals surface area (Å²) in [4.78, 5) is 31.4. The molecular formula is C26H33N3O2. The lowest BCUT2D eigenvalue weighted by Gasteiger charge is -2.49. The van der Waals surface area contributed by atoms with E-state index in [4.69, 9.17) is 0 Å². The summed E-state index contributed by atoms with van der Waals surface area (Å²) in [5, 5.41) is 5.53. The fourth-order valence-electron chi connectivity index (χ4n) is 6.29. The molecule has 3 aliphatic heterocycles. The van der Waals surface area contributed by atoms with E-state index in [-0.39, 0.29) is 28.9 Å². The summed E-state index contributed by atoms with van der Waals surface area (Å²) in [5.41, 5.74) is 2.20.